The van der Waals surface area contributed by atoms with Crippen molar-refractivity contribution in [2.45, 2.75) is 204 Å². The van der Waals surface area contributed by atoms with E-state index < -0.39 is 49.5 Å². The van der Waals surface area contributed by atoms with Gasteiger partial charge in [0, 0.05) is 6.42 Å². The Morgan fingerprint density at radius 2 is 1.14 bits per heavy atom. The molecule has 1 aliphatic rings. The van der Waals surface area contributed by atoms with Gasteiger partial charge in [-0.1, -0.05) is 142 Å². The summed E-state index contributed by atoms with van der Waals surface area (Å²) < 4.78 is 11.2. The molecule has 9 heteroatoms. The number of aliphatic hydroxyl groups excluding tert-OH is 5. The summed E-state index contributed by atoms with van der Waals surface area (Å²) in [5.41, 5.74) is 0. The van der Waals surface area contributed by atoms with E-state index in [4.69, 9.17) is 9.47 Å². The van der Waals surface area contributed by atoms with Gasteiger partial charge in [-0.25, -0.2) is 0 Å². The van der Waals surface area contributed by atoms with Crippen LogP contribution in [0.15, 0.2) is 0 Å². The van der Waals surface area contributed by atoms with Crippen molar-refractivity contribution in [2.75, 3.05) is 13.2 Å². The highest BCUT2D eigenvalue weighted by atomic mass is 16.7. The number of amides is 1. The zero-order valence-corrected chi connectivity index (χ0v) is 28.2. The Morgan fingerprint density at radius 3 is 1.61 bits per heavy atom. The molecule has 0 aromatic rings. The molecule has 1 aliphatic heterocycles. The van der Waals surface area contributed by atoms with Gasteiger partial charge in [0.15, 0.2) is 6.29 Å². The summed E-state index contributed by atoms with van der Waals surface area (Å²) in [7, 11) is 0. The third-order valence-corrected chi connectivity index (χ3v) is 8.96. The lowest BCUT2D eigenvalue weighted by Crippen LogP contribution is -2.60. The first-order chi connectivity index (χ1) is 21.3. The van der Waals surface area contributed by atoms with Crippen molar-refractivity contribution in [1.82, 2.24) is 5.32 Å². The van der Waals surface area contributed by atoms with Gasteiger partial charge in [0.1, 0.15) is 24.4 Å². The second kappa shape index (κ2) is 27.3. The number of carbonyl (C=O) groups is 1. The first-order valence-electron chi connectivity index (χ1n) is 18.2. The van der Waals surface area contributed by atoms with Gasteiger partial charge in [-0.05, 0) is 12.8 Å². The number of ether oxygens (including phenoxy) is 2. The number of unbranched alkanes of at least 4 members (excludes halogenated alkanes) is 19. The number of rotatable bonds is 29. The number of aliphatic hydroxyl groups is 5. The average molecular weight is 632 g/mol. The summed E-state index contributed by atoms with van der Waals surface area (Å²) >= 11 is 0. The predicted octanol–water partition coefficient (Wildman–Crippen LogP) is 5.66. The monoisotopic (exact) mass is 632 g/mol. The van der Waals surface area contributed by atoms with E-state index in [0.717, 1.165) is 38.5 Å². The molecule has 0 bridgehead atoms. The quantitative estimate of drug-likeness (QED) is 0.0580. The Hall–Kier alpha value is -0.810. The molecule has 0 saturated carbocycles. The molecule has 262 valence electrons. The molecular formula is C35H69NO8. The van der Waals surface area contributed by atoms with Gasteiger partial charge in [-0.3, -0.25) is 4.79 Å². The van der Waals surface area contributed by atoms with Gasteiger partial charge in [0.25, 0.3) is 0 Å². The lowest BCUT2D eigenvalue weighted by atomic mass is 9.99. The van der Waals surface area contributed by atoms with E-state index in [9.17, 15) is 30.3 Å². The van der Waals surface area contributed by atoms with Crippen molar-refractivity contribution in [3.8, 4) is 0 Å². The molecule has 9 nitrogen and oxygen atoms in total. The van der Waals surface area contributed by atoms with Crippen molar-refractivity contribution in [2.24, 2.45) is 0 Å². The van der Waals surface area contributed by atoms with Crippen LogP contribution in [0.5, 0.6) is 0 Å². The van der Waals surface area contributed by atoms with E-state index in [0.29, 0.717) is 12.8 Å². The second-order valence-corrected chi connectivity index (χ2v) is 13.0. The summed E-state index contributed by atoms with van der Waals surface area (Å²) in [4.78, 5) is 12.8. The topological polar surface area (TPSA) is 149 Å². The van der Waals surface area contributed by atoms with Crippen LogP contribution in [-0.2, 0) is 14.3 Å². The van der Waals surface area contributed by atoms with Gasteiger partial charge < -0.3 is 40.3 Å². The first-order valence-corrected chi connectivity index (χ1v) is 18.2. The number of hydrogen-bond acceptors (Lipinski definition) is 8. The molecule has 0 spiro atoms. The molecule has 0 aromatic carbocycles. The van der Waals surface area contributed by atoms with Crippen LogP contribution in [0.4, 0.5) is 0 Å². The van der Waals surface area contributed by atoms with Gasteiger partial charge in [-0.2, -0.15) is 0 Å². The van der Waals surface area contributed by atoms with Crippen molar-refractivity contribution >= 4 is 5.91 Å². The third-order valence-electron chi connectivity index (χ3n) is 8.96. The van der Waals surface area contributed by atoms with E-state index in [-0.39, 0.29) is 12.5 Å². The minimum absolute atomic E-state index is 0.133. The molecule has 7 atom stereocenters. The maximum absolute atomic E-state index is 12.8. The number of carbonyl (C=O) groups excluding carboxylic acids is 1. The molecule has 0 aliphatic carbocycles. The maximum Gasteiger partial charge on any atom is 0.220 e. The summed E-state index contributed by atoms with van der Waals surface area (Å²) in [5, 5.41) is 53.9. The third kappa shape index (κ3) is 19.0. The highest BCUT2D eigenvalue weighted by Gasteiger charge is 2.44. The number of hydrogen-bond donors (Lipinski definition) is 6. The Morgan fingerprint density at radius 1 is 0.682 bits per heavy atom. The van der Waals surface area contributed by atoms with Crippen LogP contribution in [0, 0.1) is 0 Å². The molecule has 0 aromatic heterocycles. The zero-order chi connectivity index (χ0) is 32.4. The van der Waals surface area contributed by atoms with Crippen LogP contribution in [0.25, 0.3) is 0 Å². The van der Waals surface area contributed by atoms with Crippen LogP contribution in [-0.4, -0.2) is 87.5 Å². The van der Waals surface area contributed by atoms with Gasteiger partial charge >= 0.3 is 0 Å². The zero-order valence-electron chi connectivity index (χ0n) is 28.2. The summed E-state index contributed by atoms with van der Waals surface area (Å²) in [6.45, 7) is 3.78. The van der Waals surface area contributed by atoms with Crippen LogP contribution >= 0.6 is 0 Å². The second-order valence-electron chi connectivity index (χ2n) is 13.0. The smallest absolute Gasteiger partial charge is 0.220 e. The van der Waals surface area contributed by atoms with Crippen molar-refractivity contribution in [3.05, 3.63) is 0 Å². The summed E-state index contributed by atoms with van der Waals surface area (Å²) in [5.74, 6) is -0.149. The summed E-state index contributed by atoms with van der Waals surface area (Å²) in [6, 6.07) is -0.707. The SMILES string of the molecule is CCCCCCCCCCCCCC[C@@H](O)[C@H](CO[C@@H]1O[C@H](CO)[C@@H](O)C(O)C1O)NC(=O)CCCCCCCCCCC. The van der Waals surface area contributed by atoms with Crippen LogP contribution in [0.1, 0.15) is 162 Å². The van der Waals surface area contributed by atoms with Gasteiger partial charge in [0.2, 0.25) is 5.91 Å². The molecule has 44 heavy (non-hydrogen) atoms. The van der Waals surface area contributed by atoms with Crippen LogP contribution in [0.2, 0.25) is 0 Å². The highest BCUT2D eigenvalue weighted by Crippen LogP contribution is 2.23. The van der Waals surface area contributed by atoms with Crippen molar-refractivity contribution < 1.29 is 39.8 Å². The van der Waals surface area contributed by atoms with Gasteiger partial charge in [-0.15, -0.1) is 0 Å². The molecule has 1 rings (SSSR count). The fourth-order valence-electron chi connectivity index (χ4n) is 5.92. The van der Waals surface area contributed by atoms with Gasteiger partial charge in [0.05, 0.1) is 25.4 Å². The van der Waals surface area contributed by atoms with Crippen molar-refractivity contribution in [3.63, 3.8) is 0 Å². The standard InChI is InChI=1S/C35H69NO8/c1-3-5-7-9-11-13-14-15-17-18-20-22-24-29(38)28(27-43-35-34(42)33(41)32(40)30(26-37)44-35)36-31(39)25-23-21-19-16-12-10-8-6-4-2/h28-30,32-35,37-38,40-42H,3-27H2,1-2H3,(H,36,39)/t28-,29+,30+,32+,33?,34?,35+/m0/s1. The largest absolute Gasteiger partial charge is 0.394 e. The molecule has 1 amide bonds. The van der Waals surface area contributed by atoms with E-state index in [1.807, 2.05) is 0 Å². The molecule has 1 saturated heterocycles. The Kier molecular flexibility index (Phi) is 25.6. The molecule has 2 unspecified atom stereocenters. The fourth-order valence-corrected chi connectivity index (χ4v) is 5.92. The first kappa shape index (κ1) is 41.2. The minimum atomic E-state index is -1.54. The molecule has 1 heterocycles. The average Bonchev–Trinajstić information content (AvgIpc) is 3.02. The Balaban J connectivity index is 2.45. The fraction of sp³-hybridized carbons (Fsp3) is 0.971. The van der Waals surface area contributed by atoms with Crippen LogP contribution in [0.3, 0.4) is 0 Å². The number of nitrogens with one attached hydrogen (secondary N) is 1. The Bertz CT molecular complexity index is 667. The van der Waals surface area contributed by atoms with E-state index in [1.165, 1.54) is 96.3 Å². The minimum Gasteiger partial charge on any atom is -0.394 e. The lowest BCUT2D eigenvalue weighted by molar-refractivity contribution is -0.302. The molecular weight excluding hydrogens is 562 g/mol. The van der Waals surface area contributed by atoms with Crippen LogP contribution < -0.4 is 5.32 Å². The molecule has 6 N–H and O–H groups in total. The Labute approximate surface area is 268 Å². The maximum atomic E-state index is 12.8. The lowest BCUT2D eigenvalue weighted by Gasteiger charge is -2.40. The van der Waals surface area contributed by atoms with E-state index >= 15 is 0 Å². The van der Waals surface area contributed by atoms with E-state index in [1.54, 1.807) is 0 Å². The normalized spacial score (nSPS) is 23.5. The molecule has 0 radical (unpaired) electrons. The predicted molar refractivity (Wildman–Crippen MR) is 175 cm³/mol. The van der Waals surface area contributed by atoms with Crippen molar-refractivity contribution in [1.29, 1.82) is 0 Å². The summed E-state index contributed by atoms with van der Waals surface area (Å²) in [6.07, 6.45) is 18.3. The van der Waals surface area contributed by atoms with E-state index in [2.05, 4.69) is 19.2 Å². The molecule has 1 fully saturated rings. The highest BCUT2D eigenvalue weighted by molar-refractivity contribution is 5.76.